The van der Waals surface area contributed by atoms with Gasteiger partial charge >= 0.3 is 0 Å². The van der Waals surface area contributed by atoms with E-state index in [1.165, 1.54) is 0 Å². The van der Waals surface area contributed by atoms with Crippen molar-refractivity contribution in [2.45, 2.75) is 38.1 Å². The lowest BCUT2D eigenvalue weighted by Gasteiger charge is -2.14. The summed E-state index contributed by atoms with van der Waals surface area (Å²) in [6, 6.07) is 7.25. The number of aryl methyl sites for hydroxylation is 1. The molecule has 6 nitrogen and oxygen atoms in total. The van der Waals surface area contributed by atoms with Gasteiger partial charge in [-0.25, -0.2) is 0 Å². The molecule has 7 heteroatoms. The van der Waals surface area contributed by atoms with Crippen molar-refractivity contribution in [2.75, 3.05) is 6.26 Å². The van der Waals surface area contributed by atoms with Crippen molar-refractivity contribution in [1.82, 2.24) is 20.1 Å². The van der Waals surface area contributed by atoms with Crippen molar-refractivity contribution in [2.24, 2.45) is 0 Å². The maximum absolute atomic E-state index is 12.3. The van der Waals surface area contributed by atoms with Gasteiger partial charge in [0.15, 0.2) is 5.82 Å². The largest absolute Gasteiger partial charge is 0.345 e. The third kappa shape index (κ3) is 3.85. The first kappa shape index (κ1) is 15.9. The van der Waals surface area contributed by atoms with Crippen LogP contribution in [0.1, 0.15) is 40.4 Å². The standard InChI is InChI=1S/C16H20N4O2S/c1-23(22)11-12-5-4-6-13(9-12)16(21)17-10-15-19-18-14-7-2-3-8-20(14)15/h4-6,9H,2-3,7-8,10-11H2,1H3,(H,17,21)/t23-/m0/s1. The summed E-state index contributed by atoms with van der Waals surface area (Å²) < 4.78 is 13.4. The number of carbonyl (C=O) groups excluding carboxylic acids is 1. The summed E-state index contributed by atoms with van der Waals surface area (Å²) in [4.78, 5) is 12.3. The fourth-order valence-electron chi connectivity index (χ4n) is 2.80. The van der Waals surface area contributed by atoms with Gasteiger partial charge in [-0.15, -0.1) is 10.2 Å². The quantitative estimate of drug-likeness (QED) is 0.898. The van der Waals surface area contributed by atoms with Gasteiger partial charge in [0.05, 0.1) is 6.54 Å². The Hall–Kier alpha value is -2.02. The van der Waals surface area contributed by atoms with Crippen LogP contribution in [0.5, 0.6) is 0 Å². The zero-order chi connectivity index (χ0) is 16.2. The molecule has 1 aromatic carbocycles. The topological polar surface area (TPSA) is 76.9 Å². The smallest absolute Gasteiger partial charge is 0.251 e. The molecule has 1 amide bonds. The van der Waals surface area contributed by atoms with E-state index < -0.39 is 10.8 Å². The lowest BCUT2D eigenvalue weighted by Crippen LogP contribution is -2.25. The molecule has 1 atom stereocenters. The third-order valence-corrected chi connectivity index (χ3v) is 4.64. The first-order chi connectivity index (χ1) is 11.1. The van der Waals surface area contributed by atoms with E-state index in [1.54, 1.807) is 18.4 Å². The van der Waals surface area contributed by atoms with Crippen LogP contribution >= 0.6 is 0 Å². The fourth-order valence-corrected chi connectivity index (χ4v) is 3.45. The number of hydrogen-bond acceptors (Lipinski definition) is 4. The third-order valence-electron chi connectivity index (χ3n) is 3.90. The number of rotatable bonds is 5. The summed E-state index contributed by atoms with van der Waals surface area (Å²) in [6.07, 6.45) is 4.89. The monoisotopic (exact) mass is 332 g/mol. The van der Waals surface area contributed by atoms with Gasteiger partial charge in [-0.1, -0.05) is 12.1 Å². The van der Waals surface area contributed by atoms with E-state index in [0.717, 1.165) is 43.0 Å². The van der Waals surface area contributed by atoms with Crippen molar-refractivity contribution in [3.8, 4) is 0 Å². The molecule has 0 aliphatic carbocycles. The molecule has 3 rings (SSSR count). The van der Waals surface area contributed by atoms with Crippen molar-refractivity contribution >= 4 is 16.7 Å². The van der Waals surface area contributed by atoms with Crippen LogP contribution in [0.15, 0.2) is 24.3 Å². The molecule has 1 aliphatic rings. The van der Waals surface area contributed by atoms with E-state index in [2.05, 4.69) is 20.1 Å². The second-order valence-corrected chi connectivity index (χ2v) is 7.18. The van der Waals surface area contributed by atoms with Crippen molar-refractivity contribution in [3.63, 3.8) is 0 Å². The molecule has 0 saturated heterocycles. The van der Waals surface area contributed by atoms with Crippen molar-refractivity contribution in [1.29, 1.82) is 0 Å². The predicted molar refractivity (Wildman–Crippen MR) is 88.3 cm³/mol. The molecule has 0 radical (unpaired) electrons. The highest BCUT2D eigenvalue weighted by molar-refractivity contribution is 7.83. The molecule has 2 heterocycles. The molecule has 0 bridgehead atoms. The van der Waals surface area contributed by atoms with Crippen LogP contribution in [0.4, 0.5) is 0 Å². The molecule has 2 aromatic rings. The first-order valence-electron chi connectivity index (χ1n) is 7.71. The number of benzene rings is 1. The summed E-state index contributed by atoms with van der Waals surface area (Å²) in [7, 11) is -0.921. The Labute approximate surface area is 137 Å². The summed E-state index contributed by atoms with van der Waals surface area (Å²) in [6.45, 7) is 1.29. The fraction of sp³-hybridized carbons (Fsp3) is 0.438. The summed E-state index contributed by atoms with van der Waals surface area (Å²) in [5, 5.41) is 11.3. The van der Waals surface area contributed by atoms with Crippen LogP contribution in [-0.4, -0.2) is 31.1 Å². The molecule has 1 N–H and O–H groups in total. The molecule has 0 spiro atoms. The van der Waals surface area contributed by atoms with Crippen LogP contribution in [0.25, 0.3) is 0 Å². The van der Waals surface area contributed by atoms with Crippen LogP contribution in [0, 0.1) is 0 Å². The van der Waals surface area contributed by atoms with E-state index in [4.69, 9.17) is 0 Å². The number of nitrogens with zero attached hydrogens (tertiary/aromatic N) is 3. The first-order valence-corrected chi connectivity index (χ1v) is 9.44. The molecule has 0 saturated carbocycles. The highest BCUT2D eigenvalue weighted by Crippen LogP contribution is 2.14. The molecule has 1 aromatic heterocycles. The summed E-state index contributed by atoms with van der Waals surface area (Å²) >= 11 is 0. The molecular weight excluding hydrogens is 312 g/mol. The van der Waals surface area contributed by atoms with Gasteiger partial charge in [-0.2, -0.15) is 0 Å². The number of carbonyl (C=O) groups is 1. The minimum atomic E-state index is -0.921. The van der Waals surface area contributed by atoms with Gasteiger partial charge in [0.1, 0.15) is 5.82 Å². The van der Waals surface area contributed by atoms with E-state index in [0.29, 0.717) is 17.9 Å². The Morgan fingerprint density at radius 3 is 3.04 bits per heavy atom. The zero-order valence-electron chi connectivity index (χ0n) is 13.1. The Morgan fingerprint density at radius 2 is 2.22 bits per heavy atom. The van der Waals surface area contributed by atoms with Gasteiger partial charge in [-0.05, 0) is 30.5 Å². The lowest BCUT2D eigenvalue weighted by molar-refractivity contribution is 0.0949. The number of hydrogen-bond donors (Lipinski definition) is 1. The van der Waals surface area contributed by atoms with Gasteiger partial charge in [0.2, 0.25) is 0 Å². The second kappa shape index (κ2) is 7.04. The van der Waals surface area contributed by atoms with E-state index in [1.807, 2.05) is 12.1 Å². The SMILES string of the molecule is C[S@](=O)Cc1cccc(C(=O)NCc2nnc3n2CCCC3)c1. The minimum absolute atomic E-state index is 0.151. The van der Waals surface area contributed by atoms with E-state index >= 15 is 0 Å². The van der Waals surface area contributed by atoms with Gasteiger partial charge in [-0.3, -0.25) is 9.00 Å². The van der Waals surface area contributed by atoms with Gasteiger partial charge in [0.25, 0.3) is 5.91 Å². The number of fused-ring (bicyclic) bond motifs is 1. The number of amides is 1. The Kier molecular flexibility index (Phi) is 4.85. The molecule has 1 aliphatic heterocycles. The molecule has 0 unspecified atom stereocenters. The Morgan fingerprint density at radius 1 is 1.35 bits per heavy atom. The molecule has 23 heavy (non-hydrogen) atoms. The van der Waals surface area contributed by atoms with Crippen LogP contribution < -0.4 is 5.32 Å². The molecular formula is C16H20N4O2S. The highest BCUT2D eigenvalue weighted by Gasteiger charge is 2.16. The number of nitrogens with one attached hydrogen (secondary N) is 1. The van der Waals surface area contributed by atoms with Gasteiger partial charge in [0, 0.05) is 41.3 Å². The van der Waals surface area contributed by atoms with E-state index in [-0.39, 0.29) is 5.91 Å². The molecule has 122 valence electrons. The normalized spacial score (nSPS) is 15.0. The van der Waals surface area contributed by atoms with Crippen LogP contribution in [-0.2, 0) is 36.1 Å². The Bertz CT molecular complexity index is 741. The molecule has 0 fully saturated rings. The van der Waals surface area contributed by atoms with Gasteiger partial charge < -0.3 is 9.88 Å². The summed E-state index contributed by atoms with van der Waals surface area (Å²) in [5.41, 5.74) is 1.48. The van der Waals surface area contributed by atoms with Crippen LogP contribution in [0.3, 0.4) is 0 Å². The lowest BCUT2D eigenvalue weighted by atomic mass is 10.1. The highest BCUT2D eigenvalue weighted by atomic mass is 32.2. The second-order valence-electron chi connectivity index (χ2n) is 5.74. The minimum Gasteiger partial charge on any atom is -0.345 e. The Balaban J connectivity index is 1.65. The van der Waals surface area contributed by atoms with E-state index in [9.17, 15) is 9.00 Å². The van der Waals surface area contributed by atoms with Crippen molar-refractivity contribution < 1.29 is 9.00 Å². The summed E-state index contributed by atoms with van der Waals surface area (Å²) in [5.74, 6) is 2.12. The van der Waals surface area contributed by atoms with Crippen molar-refractivity contribution in [3.05, 3.63) is 47.0 Å². The average Bonchev–Trinajstić information content (AvgIpc) is 2.95. The maximum atomic E-state index is 12.3. The predicted octanol–water partition coefficient (Wildman–Crippen LogP) is 1.42. The average molecular weight is 332 g/mol. The zero-order valence-corrected chi connectivity index (χ0v) is 13.9. The number of aromatic nitrogens is 3. The van der Waals surface area contributed by atoms with Crippen LogP contribution in [0.2, 0.25) is 0 Å². The maximum Gasteiger partial charge on any atom is 0.251 e.